The third-order valence-electron chi connectivity index (χ3n) is 3.87. The zero-order chi connectivity index (χ0) is 21.9. The molecule has 30 heavy (non-hydrogen) atoms. The van der Waals surface area contributed by atoms with Gasteiger partial charge in [-0.25, -0.2) is 14.5 Å². The molecule has 0 spiro atoms. The maximum Gasteiger partial charge on any atom is 0.434 e. The van der Waals surface area contributed by atoms with Gasteiger partial charge in [-0.05, 0) is 37.3 Å². The third-order valence-corrected chi connectivity index (χ3v) is 4.09. The van der Waals surface area contributed by atoms with Crippen molar-refractivity contribution in [1.29, 1.82) is 0 Å². The lowest BCUT2D eigenvalue weighted by atomic mass is 10.2. The average molecular weight is 439 g/mol. The molecule has 0 unspecified atom stereocenters. The molecule has 0 aliphatic carbocycles. The van der Waals surface area contributed by atoms with Gasteiger partial charge in [-0.2, -0.15) is 18.3 Å². The first-order chi connectivity index (χ1) is 14.2. The lowest BCUT2D eigenvalue weighted by Crippen LogP contribution is -2.18. The summed E-state index contributed by atoms with van der Waals surface area (Å²) in [7, 11) is 0. The number of carbonyl (C=O) groups excluding carboxylic acids is 2. The number of nitrogens with zero attached hydrogens (tertiary/aromatic N) is 3. The molecule has 1 N–H and O–H groups in total. The zero-order valence-electron chi connectivity index (χ0n) is 15.4. The molecule has 0 fully saturated rings. The topological polar surface area (TPSA) is 86.1 Å². The van der Waals surface area contributed by atoms with E-state index in [2.05, 4.69) is 20.1 Å². The number of esters is 1. The number of alkyl halides is 3. The number of rotatable bonds is 5. The van der Waals surface area contributed by atoms with Crippen molar-refractivity contribution in [3.63, 3.8) is 0 Å². The Bertz CT molecular complexity index is 1080. The quantitative estimate of drug-likeness (QED) is 0.472. The highest BCUT2D eigenvalue weighted by molar-refractivity contribution is 6.29. The monoisotopic (exact) mass is 438 g/mol. The van der Waals surface area contributed by atoms with E-state index in [0.29, 0.717) is 4.68 Å². The van der Waals surface area contributed by atoms with E-state index in [-0.39, 0.29) is 28.7 Å². The molecule has 0 aliphatic heterocycles. The van der Waals surface area contributed by atoms with Crippen molar-refractivity contribution in [3.8, 4) is 5.69 Å². The van der Waals surface area contributed by atoms with Crippen molar-refractivity contribution in [2.45, 2.75) is 13.1 Å². The molecule has 0 saturated carbocycles. The standard InChI is InChI=1S/C19H14ClF3N4O3/c1-2-30-18(29)14-10-25-27(16(14)19(21,22)23)13-5-3-4-12(8-13)26-17(28)11-6-7-15(20)24-9-11/h3-10H,2H2,1H3,(H,26,28). The molecule has 1 aromatic carbocycles. The molecule has 3 aromatic rings. The van der Waals surface area contributed by atoms with E-state index in [4.69, 9.17) is 11.6 Å². The van der Waals surface area contributed by atoms with Crippen LogP contribution in [0.1, 0.15) is 33.3 Å². The van der Waals surface area contributed by atoms with Gasteiger partial charge in [0.05, 0.1) is 24.1 Å². The number of hydrogen-bond donors (Lipinski definition) is 1. The number of ether oxygens (including phenoxy) is 1. The van der Waals surface area contributed by atoms with E-state index in [9.17, 15) is 22.8 Å². The summed E-state index contributed by atoms with van der Waals surface area (Å²) in [6, 6.07) is 8.47. The fourth-order valence-electron chi connectivity index (χ4n) is 2.60. The molecule has 0 atom stereocenters. The van der Waals surface area contributed by atoms with Crippen molar-refractivity contribution in [3.05, 3.63) is 70.8 Å². The minimum atomic E-state index is -4.87. The van der Waals surface area contributed by atoms with E-state index < -0.39 is 29.3 Å². The van der Waals surface area contributed by atoms with E-state index in [1.165, 1.54) is 49.5 Å². The summed E-state index contributed by atoms with van der Waals surface area (Å²) < 4.78 is 46.2. The summed E-state index contributed by atoms with van der Waals surface area (Å²) in [6.07, 6.45) is -2.80. The highest BCUT2D eigenvalue weighted by atomic mass is 35.5. The first-order valence-electron chi connectivity index (χ1n) is 8.56. The smallest absolute Gasteiger partial charge is 0.434 e. The molecular weight excluding hydrogens is 425 g/mol. The van der Waals surface area contributed by atoms with E-state index in [0.717, 1.165) is 6.20 Å². The maximum atomic E-state index is 13.6. The first kappa shape index (κ1) is 21.3. The normalized spacial score (nSPS) is 11.2. The summed E-state index contributed by atoms with van der Waals surface area (Å²) in [5.74, 6) is -1.66. The van der Waals surface area contributed by atoms with Gasteiger partial charge in [0.2, 0.25) is 0 Å². The summed E-state index contributed by atoms with van der Waals surface area (Å²) in [5, 5.41) is 6.47. The second-order valence-electron chi connectivity index (χ2n) is 5.91. The summed E-state index contributed by atoms with van der Waals surface area (Å²) in [5.41, 5.74) is -1.56. The van der Waals surface area contributed by atoms with Crippen molar-refractivity contribution in [1.82, 2.24) is 14.8 Å². The SMILES string of the molecule is CCOC(=O)c1cnn(-c2cccc(NC(=O)c3ccc(Cl)nc3)c2)c1C(F)(F)F. The van der Waals surface area contributed by atoms with Crippen LogP contribution in [-0.4, -0.2) is 33.2 Å². The largest absolute Gasteiger partial charge is 0.462 e. The Hall–Kier alpha value is -3.40. The van der Waals surface area contributed by atoms with Crippen molar-refractivity contribution < 1.29 is 27.5 Å². The minimum Gasteiger partial charge on any atom is -0.462 e. The Labute approximate surface area is 173 Å². The minimum absolute atomic E-state index is 0.00935. The van der Waals surface area contributed by atoms with Gasteiger partial charge in [0.25, 0.3) is 5.91 Å². The zero-order valence-corrected chi connectivity index (χ0v) is 16.2. The van der Waals surface area contributed by atoms with Crippen LogP contribution in [0.5, 0.6) is 0 Å². The Morgan fingerprint density at radius 3 is 2.60 bits per heavy atom. The van der Waals surface area contributed by atoms with Gasteiger partial charge in [-0.15, -0.1) is 0 Å². The van der Waals surface area contributed by atoms with Crippen molar-refractivity contribution in [2.75, 3.05) is 11.9 Å². The number of carbonyl (C=O) groups is 2. The molecular formula is C19H14ClF3N4O3. The van der Waals surface area contributed by atoms with Crippen LogP contribution >= 0.6 is 11.6 Å². The van der Waals surface area contributed by atoms with Crippen LogP contribution in [0.2, 0.25) is 5.15 Å². The van der Waals surface area contributed by atoms with Crippen LogP contribution < -0.4 is 5.32 Å². The number of pyridine rings is 1. The highest BCUT2D eigenvalue weighted by Crippen LogP contribution is 2.34. The summed E-state index contributed by atoms with van der Waals surface area (Å²) >= 11 is 5.68. The predicted octanol–water partition coefficient (Wildman–Crippen LogP) is 4.37. The van der Waals surface area contributed by atoms with Crippen LogP contribution in [0.25, 0.3) is 5.69 Å². The number of benzene rings is 1. The number of aromatic nitrogens is 3. The van der Waals surface area contributed by atoms with Gasteiger partial charge in [0, 0.05) is 11.9 Å². The maximum absolute atomic E-state index is 13.6. The van der Waals surface area contributed by atoms with Crippen LogP contribution in [-0.2, 0) is 10.9 Å². The van der Waals surface area contributed by atoms with E-state index >= 15 is 0 Å². The molecule has 0 aliphatic rings. The Morgan fingerprint density at radius 2 is 1.97 bits per heavy atom. The van der Waals surface area contributed by atoms with E-state index in [1.807, 2.05) is 0 Å². The Balaban J connectivity index is 1.95. The molecule has 3 rings (SSSR count). The molecule has 0 saturated heterocycles. The Kier molecular flexibility index (Phi) is 6.06. The summed E-state index contributed by atoms with van der Waals surface area (Å²) in [4.78, 5) is 28.0. The van der Waals surface area contributed by atoms with Gasteiger partial charge >= 0.3 is 12.1 Å². The number of nitrogens with one attached hydrogen (secondary N) is 1. The van der Waals surface area contributed by atoms with Crippen LogP contribution in [0.4, 0.5) is 18.9 Å². The number of anilines is 1. The van der Waals surface area contributed by atoms with Crippen LogP contribution in [0, 0.1) is 0 Å². The fraction of sp³-hybridized carbons (Fsp3) is 0.158. The average Bonchev–Trinajstić information content (AvgIpc) is 3.15. The second-order valence-corrected chi connectivity index (χ2v) is 6.30. The van der Waals surface area contributed by atoms with Gasteiger partial charge in [0.1, 0.15) is 10.7 Å². The Morgan fingerprint density at radius 1 is 1.20 bits per heavy atom. The predicted molar refractivity (Wildman–Crippen MR) is 102 cm³/mol. The molecule has 1 amide bonds. The molecule has 0 radical (unpaired) electrons. The molecule has 0 bridgehead atoms. The third kappa shape index (κ3) is 4.60. The molecule has 2 heterocycles. The lowest BCUT2D eigenvalue weighted by Gasteiger charge is -2.13. The molecule has 156 valence electrons. The second kappa shape index (κ2) is 8.54. The van der Waals surface area contributed by atoms with E-state index in [1.54, 1.807) is 0 Å². The molecule has 2 aromatic heterocycles. The van der Waals surface area contributed by atoms with Crippen LogP contribution in [0.3, 0.4) is 0 Å². The van der Waals surface area contributed by atoms with Crippen molar-refractivity contribution >= 4 is 29.2 Å². The van der Waals surface area contributed by atoms with Gasteiger partial charge in [-0.1, -0.05) is 17.7 Å². The van der Waals surface area contributed by atoms with Gasteiger partial charge < -0.3 is 10.1 Å². The number of halogens is 4. The van der Waals surface area contributed by atoms with Gasteiger partial charge in [-0.3, -0.25) is 4.79 Å². The summed E-state index contributed by atoms with van der Waals surface area (Å²) in [6.45, 7) is 1.40. The van der Waals surface area contributed by atoms with Gasteiger partial charge in [0.15, 0.2) is 5.69 Å². The highest BCUT2D eigenvalue weighted by Gasteiger charge is 2.41. The number of hydrogen-bond acceptors (Lipinski definition) is 5. The molecule has 11 heteroatoms. The van der Waals surface area contributed by atoms with Crippen LogP contribution in [0.15, 0.2) is 48.8 Å². The lowest BCUT2D eigenvalue weighted by molar-refractivity contribution is -0.143. The number of amides is 1. The first-order valence-corrected chi connectivity index (χ1v) is 8.94. The van der Waals surface area contributed by atoms with Crippen molar-refractivity contribution in [2.24, 2.45) is 0 Å². The fourth-order valence-corrected chi connectivity index (χ4v) is 2.72. The molecule has 7 nitrogen and oxygen atoms in total.